The summed E-state index contributed by atoms with van der Waals surface area (Å²) < 4.78 is 4.93. The smallest absolute Gasteiger partial charge is 0.143 e. The second kappa shape index (κ2) is 5.45. The number of ether oxygens (including phenoxy) is 1. The first-order valence-corrected chi connectivity index (χ1v) is 5.08. The lowest BCUT2D eigenvalue weighted by Crippen LogP contribution is -1.85. The molecule has 1 aromatic heterocycles. The summed E-state index contributed by atoms with van der Waals surface area (Å²) in [6, 6.07) is 0. The monoisotopic (exact) mass is 206 g/mol. The summed E-state index contributed by atoms with van der Waals surface area (Å²) in [5, 5.41) is 9.94. The minimum Gasteiger partial charge on any atom is -0.377 e. The molecule has 5 heteroatoms. The van der Waals surface area contributed by atoms with Gasteiger partial charge < -0.3 is 4.74 Å². The van der Waals surface area contributed by atoms with Gasteiger partial charge in [0.1, 0.15) is 10.0 Å². The zero-order valence-corrected chi connectivity index (χ0v) is 8.49. The Morgan fingerprint density at radius 2 is 2.17 bits per heavy atom. The van der Waals surface area contributed by atoms with Crippen LogP contribution in [-0.2, 0) is 17.8 Å². The van der Waals surface area contributed by atoms with Gasteiger partial charge in [0.15, 0.2) is 0 Å². The lowest BCUT2D eigenvalue weighted by atomic mass is 10.4. The molecule has 0 unspecified atom stereocenters. The highest BCUT2D eigenvalue weighted by Gasteiger charge is 2.02. The minimum atomic E-state index is 0.554. The second-order valence-corrected chi connectivity index (χ2v) is 3.84. The van der Waals surface area contributed by atoms with E-state index in [1.165, 1.54) is 0 Å². The molecule has 1 aromatic rings. The van der Waals surface area contributed by atoms with Crippen LogP contribution in [0.15, 0.2) is 0 Å². The fraction of sp³-hybridized carbons (Fsp3) is 0.714. The largest absolute Gasteiger partial charge is 0.377 e. The van der Waals surface area contributed by atoms with Crippen molar-refractivity contribution in [3.63, 3.8) is 0 Å². The van der Waals surface area contributed by atoms with Gasteiger partial charge in [0, 0.05) is 19.4 Å². The normalized spacial score (nSPS) is 10.5. The van der Waals surface area contributed by atoms with Crippen molar-refractivity contribution >= 4 is 22.9 Å². The van der Waals surface area contributed by atoms with E-state index in [0.717, 1.165) is 22.9 Å². The van der Waals surface area contributed by atoms with E-state index in [1.54, 1.807) is 18.4 Å². The summed E-state index contributed by atoms with van der Waals surface area (Å²) in [5.74, 6) is 0.680. The predicted molar refractivity (Wildman–Crippen MR) is 49.7 cm³/mol. The van der Waals surface area contributed by atoms with Crippen molar-refractivity contribution < 1.29 is 4.74 Å². The number of rotatable bonds is 5. The van der Waals surface area contributed by atoms with Crippen LogP contribution < -0.4 is 0 Å². The molecule has 0 atom stereocenters. The van der Waals surface area contributed by atoms with Crippen molar-refractivity contribution in [3.8, 4) is 0 Å². The lowest BCUT2D eigenvalue weighted by molar-refractivity contribution is 0.184. The van der Waals surface area contributed by atoms with E-state index in [2.05, 4.69) is 10.2 Å². The Bertz CT molecular complexity index is 229. The van der Waals surface area contributed by atoms with Crippen molar-refractivity contribution in [3.05, 3.63) is 10.0 Å². The Morgan fingerprint density at radius 3 is 2.83 bits per heavy atom. The van der Waals surface area contributed by atoms with Gasteiger partial charge in [-0.05, 0) is 6.42 Å². The van der Waals surface area contributed by atoms with Crippen LogP contribution in [-0.4, -0.2) is 23.2 Å². The molecule has 0 N–H and O–H groups in total. The number of methoxy groups -OCH3 is 1. The molecule has 1 heterocycles. The molecule has 0 aliphatic carbocycles. The van der Waals surface area contributed by atoms with Crippen LogP contribution >= 0.6 is 22.9 Å². The zero-order valence-electron chi connectivity index (χ0n) is 6.92. The van der Waals surface area contributed by atoms with Crippen LogP contribution in [0.4, 0.5) is 0 Å². The summed E-state index contributed by atoms with van der Waals surface area (Å²) in [5.41, 5.74) is 0. The number of hydrogen-bond donors (Lipinski definition) is 0. The number of aryl methyl sites for hydroxylation is 1. The minimum absolute atomic E-state index is 0.554. The van der Waals surface area contributed by atoms with E-state index in [0.29, 0.717) is 12.5 Å². The Hall–Kier alpha value is -0.190. The van der Waals surface area contributed by atoms with Crippen LogP contribution in [0.5, 0.6) is 0 Å². The highest BCUT2D eigenvalue weighted by atomic mass is 35.5. The number of hydrogen-bond acceptors (Lipinski definition) is 4. The molecule has 0 spiro atoms. The Morgan fingerprint density at radius 1 is 1.42 bits per heavy atom. The average molecular weight is 207 g/mol. The van der Waals surface area contributed by atoms with Gasteiger partial charge in [-0.1, -0.05) is 11.3 Å². The standard InChI is InChI=1S/C7H11ClN2OS/c1-11-5-7-10-9-6(12-7)3-2-4-8/h2-5H2,1H3. The quantitative estimate of drug-likeness (QED) is 0.690. The van der Waals surface area contributed by atoms with Crippen LogP contribution in [0, 0.1) is 0 Å². The van der Waals surface area contributed by atoms with E-state index < -0.39 is 0 Å². The van der Waals surface area contributed by atoms with E-state index in [4.69, 9.17) is 16.3 Å². The van der Waals surface area contributed by atoms with Gasteiger partial charge in [0.05, 0.1) is 6.61 Å². The lowest BCUT2D eigenvalue weighted by Gasteiger charge is -1.89. The van der Waals surface area contributed by atoms with Crippen molar-refractivity contribution in [2.45, 2.75) is 19.4 Å². The molecule has 0 bridgehead atoms. The Kier molecular flexibility index (Phi) is 4.50. The van der Waals surface area contributed by atoms with Crippen LogP contribution in [0.25, 0.3) is 0 Å². The molecule has 0 aliphatic rings. The highest BCUT2D eigenvalue weighted by Crippen LogP contribution is 2.12. The maximum atomic E-state index is 5.55. The molecule has 0 amide bonds. The molecule has 0 radical (unpaired) electrons. The summed E-state index contributed by atoms with van der Waals surface area (Å²) in [7, 11) is 1.65. The van der Waals surface area contributed by atoms with Crippen molar-refractivity contribution in [1.82, 2.24) is 10.2 Å². The molecule has 0 aliphatic heterocycles. The molecule has 0 fully saturated rings. The number of halogens is 1. The van der Waals surface area contributed by atoms with Gasteiger partial charge in [-0.2, -0.15) is 0 Å². The van der Waals surface area contributed by atoms with Crippen molar-refractivity contribution in [2.75, 3.05) is 13.0 Å². The molecule has 0 aromatic carbocycles. The molecular weight excluding hydrogens is 196 g/mol. The maximum Gasteiger partial charge on any atom is 0.143 e. The third-order valence-corrected chi connectivity index (χ3v) is 2.52. The fourth-order valence-corrected chi connectivity index (χ4v) is 1.78. The first-order valence-electron chi connectivity index (χ1n) is 3.73. The van der Waals surface area contributed by atoms with Gasteiger partial charge in [0.2, 0.25) is 0 Å². The van der Waals surface area contributed by atoms with E-state index in [1.807, 2.05) is 0 Å². The number of aromatic nitrogens is 2. The molecule has 1 rings (SSSR count). The predicted octanol–water partition coefficient (Wildman–Crippen LogP) is 1.86. The highest BCUT2D eigenvalue weighted by molar-refractivity contribution is 7.11. The molecule has 0 saturated carbocycles. The zero-order chi connectivity index (χ0) is 8.81. The van der Waals surface area contributed by atoms with E-state index in [9.17, 15) is 0 Å². The van der Waals surface area contributed by atoms with Gasteiger partial charge in [-0.3, -0.25) is 0 Å². The molecular formula is C7H11ClN2OS. The fourth-order valence-electron chi connectivity index (χ4n) is 0.789. The number of alkyl halides is 1. The first kappa shape index (κ1) is 9.89. The van der Waals surface area contributed by atoms with E-state index >= 15 is 0 Å². The third-order valence-electron chi connectivity index (χ3n) is 1.30. The second-order valence-electron chi connectivity index (χ2n) is 2.32. The van der Waals surface area contributed by atoms with Gasteiger partial charge in [-0.25, -0.2) is 0 Å². The molecule has 12 heavy (non-hydrogen) atoms. The SMILES string of the molecule is COCc1nnc(CCCCl)s1. The summed E-state index contributed by atoms with van der Waals surface area (Å²) in [6.07, 6.45) is 1.88. The van der Waals surface area contributed by atoms with Crippen molar-refractivity contribution in [2.24, 2.45) is 0 Å². The van der Waals surface area contributed by atoms with Crippen LogP contribution in [0.2, 0.25) is 0 Å². The average Bonchev–Trinajstić information content (AvgIpc) is 2.50. The first-order chi connectivity index (χ1) is 5.86. The van der Waals surface area contributed by atoms with Crippen molar-refractivity contribution in [1.29, 1.82) is 0 Å². The van der Waals surface area contributed by atoms with Crippen LogP contribution in [0.3, 0.4) is 0 Å². The molecule has 68 valence electrons. The molecule has 3 nitrogen and oxygen atoms in total. The maximum absolute atomic E-state index is 5.55. The van der Waals surface area contributed by atoms with Gasteiger partial charge >= 0.3 is 0 Å². The van der Waals surface area contributed by atoms with E-state index in [-0.39, 0.29) is 0 Å². The summed E-state index contributed by atoms with van der Waals surface area (Å²) in [6.45, 7) is 0.554. The van der Waals surface area contributed by atoms with Gasteiger partial charge in [0.25, 0.3) is 0 Å². The number of nitrogens with zero attached hydrogens (tertiary/aromatic N) is 2. The van der Waals surface area contributed by atoms with Gasteiger partial charge in [-0.15, -0.1) is 21.8 Å². The summed E-state index contributed by atoms with van der Waals surface area (Å²) >= 11 is 7.14. The van der Waals surface area contributed by atoms with Crippen LogP contribution in [0.1, 0.15) is 16.4 Å². The topological polar surface area (TPSA) is 35.0 Å². The third kappa shape index (κ3) is 3.05. The molecule has 0 saturated heterocycles. The Balaban J connectivity index is 2.41. The summed E-state index contributed by atoms with van der Waals surface area (Å²) in [4.78, 5) is 0. The Labute approximate surface area is 80.7 Å².